The van der Waals surface area contributed by atoms with Crippen molar-refractivity contribution in [2.24, 2.45) is 0 Å². The molecule has 0 N–H and O–H groups in total. The molecule has 0 saturated carbocycles. The number of aryl methyl sites for hydroxylation is 1. The number of carbonyl (C=O) groups is 1. The lowest BCUT2D eigenvalue weighted by atomic mass is 10.1. The summed E-state index contributed by atoms with van der Waals surface area (Å²) < 4.78 is 13.2. The Hall–Kier alpha value is -0.610. The van der Waals surface area contributed by atoms with E-state index in [1.165, 1.54) is 11.0 Å². The van der Waals surface area contributed by atoms with Crippen LogP contribution in [0.2, 0.25) is 5.02 Å². The van der Waals surface area contributed by atoms with Crippen molar-refractivity contribution >= 4 is 32.3 Å². The standard InChI is InChI=1S/C10H10BrClFNO/c1-6-3-8(12)7(4-9(6)13)5-14(2)10(11)15/h3-4H,5H2,1-2H3. The van der Waals surface area contributed by atoms with E-state index in [4.69, 9.17) is 11.6 Å². The molecule has 0 saturated heterocycles. The molecule has 1 aromatic carbocycles. The van der Waals surface area contributed by atoms with E-state index in [0.29, 0.717) is 16.1 Å². The summed E-state index contributed by atoms with van der Waals surface area (Å²) in [4.78, 5) is 12.1. The van der Waals surface area contributed by atoms with E-state index in [-0.39, 0.29) is 17.2 Å². The Labute approximate surface area is 101 Å². The van der Waals surface area contributed by atoms with Gasteiger partial charge in [0.1, 0.15) is 5.82 Å². The second-order valence-electron chi connectivity index (χ2n) is 3.30. The van der Waals surface area contributed by atoms with Gasteiger partial charge in [-0.3, -0.25) is 4.79 Å². The minimum Gasteiger partial charge on any atom is -0.332 e. The Bertz CT molecular complexity index is 397. The van der Waals surface area contributed by atoms with Crippen LogP contribution in [-0.4, -0.2) is 16.8 Å². The predicted molar refractivity (Wildman–Crippen MR) is 61.9 cm³/mol. The fourth-order valence-electron chi connectivity index (χ4n) is 1.13. The molecule has 1 aromatic rings. The molecule has 0 atom stereocenters. The van der Waals surface area contributed by atoms with Gasteiger partial charge in [-0.2, -0.15) is 0 Å². The van der Waals surface area contributed by atoms with Gasteiger partial charge in [0.25, 0.3) is 4.82 Å². The molecule has 0 aliphatic carbocycles. The lowest BCUT2D eigenvalue weighted by molar-refractivity contribution is 0.233. The van der Waals surface area contributed by atoms with Crippen LogP contribution in [0.15, 0.2) is 12.1 Å². The summed E-state index contributed by atoms with van der Waals surface area (Å²) in [6.07, 6.45) is 0. The van der Waals surface area contributed by atoms with Crippen molar-refractivity contribution in [1.29, 1.82) is 0 Å². The molecule has 15 heavy (non-hydrogen) atoms. The third-order valence-corrected chi connectivity index (χ3v) is 2.99. The van der Waals surface area contributed by atoms with Crippen LogP contribution in [0.25, 0.3) is 0 Å². The number of benzene rings is 1. The highest BCUT2D eigenvalue weighted by Gasteiger charge is 2.10. The quantitative estimate of drug-likeness (QED) is 0.601. The van der Waals surface area contributed by atoms with Crippen molar-refractivity contribution < 1.29 is 9.18 Å². The van der Waals surface area contributed by atoms with Gasteiger partial charge in [0, 0.05) is 34.5 Å². The van der Waals surface area contributed by atoms with Crippen LogP contribution < -0.4 is 0 Å². The minimum atomic E-state index is -0.315. The number of amides is 1. The molecule has 0 heterocycles. The summed E-state index contributed by atoms with van der Waals surface area (Å²) in [7, 11) is 1.60. The van der Waals surface area contributed by atoms with E-state index < -0.39 is 0 Å². The molecule has 0 aliphatic heterocycles. The fourth-order valence-corrected chi connectivity index (χ4v) is 1.53. The maximum Gasteiger partial charge on any atom is 0.289 e. The number of hydrogen-bond donors (Lipinski definition) is 0. The highest BCUT2D eigenvalue weighted by atomic mass is 79.9. The van der Waals surface area contributed by atoms with Crippen molar-refractivity contribution in [3.63, 3.8) is 0 Å². The zero-order valence-corrected chi connectivity index (χ0v) is 10.7. The first-order valence-electron chi connectivity index (χ1n) is 4.27. The first-order chi connectivity index (χ1) is 6.91. The predicted octanol–water partition coefficient (Wildman–Crippen LogP) is 3.73. The SMILES string of the molecule is Cc1cc(Cl)c(CN(C)C(=O)Br)cc1F. The molecular weight excluding hydrogens is 284 g/mol. The molecule has 2 nitrogen and oxygen atoms in total. The summed E-state index contributed by atoms with van der Waals surface area (Å²) in [5, 5.41) is 0.467. The smallest absolute Gasteiger partial charge is 0.289 e. The van der Waals surface area contributed by atoms with Gasteiger partial charge in [-0.25, -0.2) is 4.39 Å². The number of halogens is 3. The molecule has 0 spiro atoms. The highest BCUT2D eigenvalue weighted by molar-refractivity contribution is 9.18. The molecule has 1 amide bonds. The van der Waals surface area contributed by atoms with Gasteiger partial charge in [0.2, 0.25) is 0 Å². The van der Waals surface area contributed by atoms with Crippen molar-refractivity contribution in [3.8, 4) is 0 Å². The van der Waals surface area contributed by atoms with Gasteiger partial charge >= 0.3 is 0 Å². The highest BCUT2D eigenvalue weighted by Crippen LogP contribution is 2.22. The number of carbonyl (C=O) groups excluding carboxylic acids is 1. The van der Waals surface area contributed by atoms with E-state index in [1.54, 1.807) is 20.0 Å². The maximum absolute atomic E-state index is 13.2. The summed E-state index contributed by atoms with van der Waals surface area (Å²) in [5.41, 5.74) is 1.09. The van der Waals surface area contributed by atoms with Gasteiger partial charge < -0.3 is 4.90 Å². The summed E-state index contributed by atoms with van der Waals surface area (Å²) >= 11 is 8.74. The third-order valence-electron chi connectivity index (χ3n) is 2.04. The molecule has 0 bridgehead atoms. The van der Waals surface area contributed by atoms with Gasteiger partial charge in [0.05, 0.1) is 0 Å². The Morgan fingerprint density at radius 2 is 2.20 bits per heavy atom. The van der Waals surface area contributed by atoms with E-state index in [1.807, 2.05) is 0 Å². The van der Waals surface area contributed by atoms with Crippen LogP contribution in [-0.2, 0) is 6.54 Å². The molecule has 0 fully saturated rings. The van der Waals surface area contributed by atoms with Gasteiger partial charge in [-0.1, -0.05) is 11.6 Å². The lowest BCUT2D eigenvalue weighted by Gasteiger charge is -2.15. The largest absolute Gasteiger partial charge is 0.332 e. The van der Waals surface area contributed by atoms with Crippen LogP contribution in [0.3, 0.4) is 0 Å². The van der Waals surface area contributed by atoms with Crippen molar-refractivity contribution in [3.05, 3.63) is 34.1 Å². The number of hydrogen-bond acceptors (Lipinski definition) is 1. The first-order valence-corrected chi connectivity index (χ1v) is 5.44. The second-order valence-corrected chi connectivity index (χ2v) is 4.39. The van der Waals surface area contributed by atoms with Crippen LogP contribution in [0.5, 0.6) is 0 Å². The van der Waals surface area contributed by atoms with Crippen LogP contribution in [0.1, 0.15) is 11.1 Å². The van der Waals surface area contributed by atoms with E-state index in [0.717, 1.165) is 0 Å². The topological polar surface area (TPSA) is 20.3 Å². The molecule has 5 heteroatoms. The molecule has 0 unspecified atom stereocenters. The molecule has 82 valence electrons. The van der Waals surface area contributed by atoms with Crippen LogP contribution >= 0.6 is 27.5 Å². The van der Waals surface area contributed by atoms with Crippen LogP contribution in [0, 0.1) is 12.7 Å². The monoisotopic (exact) mass is 293 g/mol. The average molecular weight is 295 g/mol. The van der Waals surface area contributed by atoms with Gasteiger partial charge in [-0.05, 0) is 30.2 Å². The van der Waals surface area contributed by atoms with Crippen LogP contribution in [0.4, 0.5) is 9.18 Å². The first kappa shape index (κ1) is 12.5. The van der Waals surface area contributed by atoms with E-state index in [9.17, 15) is 9.18 Å². The summed E-state index contributed by atoms with van der Waals surface area (Å²) in [6.45, 7) is 1.92. The molecule has 0 aromatic heterocycles. The Kier molecular flexibility index (Phi) is 4.11. The van der Waals surface area contributed by atoms with E-state index in [2.05, 4.69) is 15.9 Å². The van der Waals surface area contributed by atoms with Crippen molar-refractivity contribution in [1.82, 2.24) is 4.90 Å². The van der Waals surface area contributed by atoms with Gasteiger partial charge in [-0.15, -0.1) is 0 Å². The Morgan fingerprint density at radius 3 is 2.73 bits per heavy atom. The number of nitrogens with zero attached hydrogens (tertiary/aromatic N) is 1. The molecule has 0 aliphatic rings. The number of rotatable bonds is 2. The van der Waals surface area contributed by atoms with Crippen molar-refractivity contribution in [2.75, 3.05) is 7.05 Å². The summed E-state index contributed by atoms with van der Waals surface area (Å²) in [5.74, 6) is -0.315. The maximum atomic E-state index is 13.2. The molecular formula is C10H10BrClFNO. The zero-order chi connectivity index (χ0) is 11.6. The second kappa shape index (κ2) is 4.94. The normalized spacial score (nSPS) is 10.2. The van der Waals surface area contributed by atoms with Gasteiger partial charge in [0.15, 0.2) is 0 Å². The zero-order valence-electron chi connectivity index (χ0n) is 8.35. The fraction of sp³-hybridized carbons (Fsp3) is 0.300. The Balaban J connectivity index is 2.95. The molecule has 1 rings (SSSR count). The molecule has 0 radical (unpaired) electrons. The Morgan fingerprint density at radius 1 is 1.60 bits per heavy atom. The minimum absolute atomic E-state index is 0.264. The lowest BCUT2D eigenvalue weighted by Crippen LogP contribution is -2.20. The summed E-state index contributed by atoms with van der Waals surface area (Å²) in [6, 6.07) is 2.91. The van der Waals surface area contributed by atoms with E-state index >= 15 is 0 Å². The third kappa shape index (κ3) is 3.18. The van der Waals surface area contributed by atoms with Crippen molar-refractivity contribution in [2.45, 2.75) is 13.5 Å². The average Bonchev–Trinajstić information content (AvgIpc) is 2.13.